The third kappa shape index (κ3) is 3.67. The number of nitrogens with one attached hydrogen (secondary N) is 1. The zero-order valence-electron chi connectivity index (χ0n) is 8.27. The SMILES string of the molecule is CCC(CC(=O)O)NC(=O)c1cscn1. The van der Waals surface area contributed by atoms with Crippen molar-refractivity contribution >= 4 is 23.2 Å². The molecule has 0 spiro atoms. The lowest BCUT2D eigenvalue weighted by atomic mass is 10.1. The van der Waals surface area contributed by atoms with E-state index in [-0.39, 0.29) is 18.4 Å². The Bertz CT molecular complexity index is 337. The van der Waals surface area contributed by atoms with E-state index in [9.17, 15) is 9.59 Å². The summed E-state index contributed by atoms with van der Waals surface area (Å²) >= 11 is 1.33. The van der Waals surface area contributed by atoms with Crippen LogP contribution in [0.15, 0.2) is 10.9 Å². The van der Waals surface area contributed by atoms with Crippen LogP contribution in [0.2, 0.25) is 0 Å². The highest BCUT2D eigenvalue weighted by molar-refractivity contribution is 7.07. The van der Waals surface area contributed by atoms with Crippen LogP contribution in [0.3, 0.4) is 0 Å². The monoisotopic (exact) mass is 228 g/mol. The normalized spacial score (nSPS) is 12.1. The number of carbonyl (C=O) groups is 2. The molecule has 0 saturated heterocycles. The van der Waals surface area contributed by atoms with E-state index in [1.165, 1.54) is 11.3 Å². The standard InChI is InChI=1S/C9H12N2O3S/c1-2-6(3-8(12)13)11-9(14)7-4-15-5-10-7/h4-6H,2-3H2,1H3,(H,11,14)(H,12,13). The summed E-state index contributed by atoms with van der Waals surface area (Å²) in [6.07, 6.45) is 0.522. The first-order valence-electron chi connectivity index (χ1n) is 4.54. The van der Waals surface area contributed by atoms with E-state index in [1.807, 2.05) is 6.92 Å². The van der Waals surface area contributed by atoms with Crippen molar-refractivity contribution in [3.8, 4) is 0 Å². The minimum Gasteiger partial charge on any atom is -0.481 e. The fourth-order valence-electron chi connectivity index (χ4n) is 1.09. The van der Waals surface area contributed by atoms with Gasteiger partial charge in [-0.1, -0.05) is 6.92 Å². The smallest absolute Gasteiger partial charge is 0.305 e. The van der Waals surface area contributed by atoms with E-state index in [1.54, 1.807) is 10.9 Å². The number of amides is 1. The van der Waals surface area contributed by atoms with Crippen LogP contribution in [-0.2, 0) is 4.79 Å². The van der Waals surface area contributed by atoms with E-state index in [4.69, 9.17) is 5.11 Å². The topological polar surface area (TPSA) is 79.3 Å². The molecule has 15 heavy (non-hydrogen) atoms. The number of hydrogen-bond acceptors (Lipinski definition) is 4. The van der Waals surface area contributed by atoms with Crippen LogP contribution in [0.25, 0.3) is 0 Å². The maximum Gasteiger partial charge on any atom is 0.305 e. The van der Waals surface area contributed by atoms with Crippen LogP contribution in [0.5, 0.6) is 0 Å². The lowest BCUT2D eigenvalue weighted by molar-refractivity contribution is -0.137. The molecule has 0 radical (unpaired) electrons. The molecule has 6 heteroatoms. The lowest BCUT2D eigenvalue weighted by Crippen LogP contribution is -2.36. The van der Waals surface area contributed by atoms with Gasteiger partial charge in [-0.2, -0.15) is 0 Å². The summed E-state index contributed by atoms with van der Waals surface area (Å²) in [5, 5.41) is 12.8. The number of aromatic nitrogens is 1. The minimum atomic E-state index is -0.916. The molecular weight excluding hydrogens is 216 g/mol. The predicted octanol–water partition coefficient (Wildman–Crippen LogP) is 1.13. The van der Waals surface area contributed by atoms with Crippen molar-refractivity contribution in [3.63, 3.8) is 0 Å². The average Bonchev–Trinajstić information content (AvgIpc) is 2.68. The van der Waals surface area contributed by atoms with Crippen molar-refractivity contribution in [1.82, 2.24) is 10.3 Å². The van der Waals surface area contributed by atoms with Gasteiger partial charge in [0.25, 0.3) is 5.91 Å². The molecule has 1 heterocycles. The molecule has 0 aliphatic rings. The van der Waals surface area contributed by atoms with Gasteiger partial charge in [-0.3, -0.25) is 9.59 Å². The molecule has 0 aliphatic carbocycles. The third-order valence-electron chi connectivity index (χ3n) is 1.91. The largest absolute Gasteiger partial charge is 0.481 e. The van der Waals surface area contributed by atoms with Crippen molar-refractivity contribution in [2.75, 3.05) is 0 Å². The summed E-state index contributed by atoms with van der Waals surface area (Å²) < 4.78 is 0. The number of rotatable bonds is 5. The number of carboxylic acid groups (broad SMARTS) is 1. The van der Waals surface area contributed by atoms with Gasteiger partial charge in [0.15, 0.2) is 0 Å². The van der Waals surface area contributed by atoms with Crippen LogP contribution in [0, 0.1) is 0 Å². The molecule has 82 valence electrons. The first kappa shape index (κ1) is 11.6. The fraction of sp³-hybridized carbons (Fsp3) is 0.444. The summed E-state index contributed by atoms with van der Waals surface area (Å²) in [6, 6.07) is -0.336. The Morgan fingerprint density at radius 3 is 2.87 bits per heavy atom. The average molecular weight is 228 g/mol. The van der Waals surface area contributed by atoms with Crippen molar-refractivity contribution in [2.24, 2.45) is 0 Å². The Labute approximate surface area is 91.1 Å². The second kappa shape index (κ2) is 5.45. The number of nitrogens with zero attached hydrogens (tertiary/aromatic N) is 1. The van der Waals surface area contributed by atoms with E-state index < -0.39 is 5.97 Å². The number of aliphatic carboxylic acids is 1. The Balaban J connectivity index is 2.52. The quantitative estimate of drug-likeness (QED) is 0.791. The number of carboxylic acids is 1. The molecule has 1 rings (SSSR count). The van der Waals surface area contributed by atoms with Crippen LogP contribution in [-0.4, -0.2) is 28.0 Å². The predicted molar refractivity (Wildman–Crippen MR) is 55.9 cm³/mol. The zero-order valence-corrected chi connectivity index (χ0v) is 9.08. The van der Waals surface area contributed by atoms with Gasteiger partial charge in [0.2, 0.25) is 0 Å². The second-order valence-electron chi connectivity index (χ2n) is 3.05. The number of thiazole rings is 1. The molecule has 1 aromatic heterocycles. The molecule has 2 N–H and O–H groups in total. The molecule has 1 unspecified atom stereocenters. The fourth-order valence-corrected chi connectivity index (χ4v) is 1.62. The summed E-state index contributed by atoms with van der Waals surface area (Å²) in [5.41, 5.74) is 1.90. The maximum absolute atomic E-state index is 11.5. The Morgan fingerprint density at radius 2 is 2.40 bits per heavy atom. The molecule has 0 bridgehead atoms. The highest BCUT2D eigenvalue weighted by Crippen LogP contribution is 2.03. The van der Waals surface area contributed by atoms with Crippen LogP contribution < -0.4 is 5.32 Å². The minimum absolute atomic E-state index is 0.0631. The lowest BCUT2D eigenvalue weighted by Gasteiger charge is -2.13. The number of hydrogen-bond donors (Lipinski definition) is 2. The number of carbonyl (C=O) groups excluding carboxylic acids is 1. The van der Waals surface area contributed by atoms with Crippen LogP contribution in [0.4, 0.5) is 0 Å². The summed E-state index contributed by atoms with van der Waals surface area (Å²) in [5.74, 6) is -1.23. The van der Waals surface area contributed by atoms with E-state index >= 15 is 0 Å². The molecule has 1 aromatic rings. The van der Waals surface area contributed by atoms with E-state index in [2.05, 4.69) is 10.3 Å². The van der Waals surface area contributed by atoms with E-state index in [0.29, 0.717) is 12.1 Å². The van der Waals surface area contributed by atoms with Gasteiger partial charge in [-0.15, -0.1) is 11.3 Å². The molecular formula is C9H12N2O3S. The van der Waals surface area contributed by atoms with Gasteiger partial charge in [0.1, 0.15) is 5.69 Å². The van der Waals surface area contributed by atoms with Crippen LogP contribution >= 0.6 is 11.3 Å². The van der Waals surface area contributed by atoms with Crippen molar-refractivity contribution in [3.05, 3.63) is 16.6 Å². The highest BCUT2D eigenvalue weighted by atomic mass is 32.1. The molecule has 0 fully saturated rings. The molecule has 0 aromatic carbocycles. The van der Waals surface area contributed by atoms with Crippen molar-refractivity contribution < 1.29 is 14.7 Å². The highest BCUT2D eigenvalue weighted by Gasteiger charge is 2.15. The molecule has 0 aliphatic heterocycles. The second-order valence-corrected chi connectivity index (χ2v) is 3.77. The Hall–Kier alpha value is -1.43. The molecule has 1 amide bonds. The Morgan fingerprint density at radius 1 is 1.67 bits per heavy atom. The van der Waals surface area contributed by atoms with Gasteiger partial charge in [0, 0.05) is 11.4 Å². The van der Waals surface area contributed by atoms with Gasteiger partial charge in [-0.05, 0) is 6.42 Å². The van der Waals surface area contributed by atoms with Crippen LogP contribution in [0.1, 0.15) is 30.3 Å². The summed E-state index contributed by atoms with van der Waals surface area (Å²) in [6.45, 7) is 1.83. The van der Waals surface area contributed by atoms with Gasteiger partial charge >= 0.3 is 5.97 Å². The van der Waals surface area contributed by atoms with Gasteiger partial charge in [-0.25, -0.2) is 4.98 Å². The molecule has 1 atom stereocenters. The van der Waals surface area contributed by atoms with Crippen molar-refractivity contribution in [1.29, 1.82) is 0 Å². The first-order valence-corrected chi connectivity index (χ1v) is 5.48. The van der Waals surface area contributed by atoms with Crippen molar-refractivity contribution in [2.45, 2.75) is 25.8 Å². The van der Waals surface area contributed by atoms with Gasteiger partial charge < -0.3 is 10.4 Å². The van der Waals surface area contributed by atoms with E-state index in [0.717, 1.165) is 0 Å². The third-order valence-corrected chi connectivity index (χ3v) is 2.50. The first-order chi connectivity index (χ1) is 7.13. The summed E-state index contributed by atoms with van der Waals surface area (Å²) in [4.78, 5) is 25.8. The van der Waals surface area contributed by atoms with Gasteiger partial charge in [0.05, 0.1) is 11.9 Å². The summed E-state index contributed by atoms with van der Waals surface area (Å²) in [7, 11) is 0. The molecule has 0 saturated carbocycles. The zero-order chi connectivity index (χ0) is 11.3. The Kier molecular flexibility index (Phi) is 4.23. The maximum atomic E-state index is 11.5. The molecule has 5 nitrogen and oxygen atoms in total.